The summed E-state index contributed by atoms with van der Waals surface area (Å²) in [5.41, 5.74) is -0.553. The van der Waals surface area contributed by atoms with Crippen LogP contribution < -0.4 is 0 Å². The molecule has 60 valence electrons. The molecule has 0 atom stereocenters. The molecule has 3 heteroatoms. The van der Waals surface area contributed by atoms with E-state index in [0.29, 0.717) is 12.8 Å². The fourth-order valence-electron chi connectivity index (χ4n) is 1.14. The molecule has 0 spiro atoms. The van der Waals surface area contributed by atoms with Gasteiger partial charge in [-0.15, -0.1) is 0 Å². The third-order valence-electron chi connectivity index (χ3n) is 1.66. The van der Waals surface area contributed by atoms with Gasteiger partial charge in [0.1, 0.15) is 11.4 Å². The van der Waals surface area contributed by atoms with Gasteiger partial charge in [-0.3, -0.25) is 4.79 Å². The zero-order valence-corrected chi connectivity index (χ0v) is 6.42. The summed E-state index contributed by atoms with van der Waals surface area (Å²) in [5, 5.41) is 0. The number of Topliss-reactive ketones (excluding diaryl/α,β-unsaturated/α-hetero) is 1. The maximum absolute atomic E-state index is 10.7. The lowest BCUT2D eigenvalue weighted by Gasteiger charge is -2.35. The number of carbonyl (C=O) groups is 2. The molecule has 1 fully saturated rings. The fraction of sp³-hybridized carbons (Fsp3) is 0.500. The fourth-order valence-corrected chi connectivity index (χ4v) is 1.14. The van der Waals surface area contributed by atoms with Gasteiger partial charge < -0.3 is 4.74 Å². The molecule has 0 heterocycles. The summed E-state index contributed by atoms with van der Waals surface area (Å²) in [6.45, 7) is 5.01. The second-order valence-electron chi connectivity index (χ2n) is 2.97. The summed E-state index contributed by atoms with van der Waals surface area (Å²) in [7, 11) is 0. The molecule has 0 unspecified atom stereocenters. The highest BCUT2D eigenvalue weighted by molar-refractivity contribution is 5.89. The highest BCUT2D eigenvalue weighted by atomic mass is 16.6. The lowest BCUT2D eigenvalue weighted by atomic mass is 9.80. The number of hydrogen-bond donors (Lipinski definition) is 0. The van der Waals surface area contributed by atoms with Crippen molar-refractivity contribution < 1.29 is 14.3 Å². The normalized spacial score (nSPS) is 20.3. The average molecular weight is 154 g/mol. The van der Waals surface area contributed by atoms with Crippen molar-refractivity contribution in [1.29, 1.82) is 0 Å². The quantitative estimate of drug-likeness (QED) is 0.437. The minimum absolute atomic E-state index is 0.143. The van der Waals surface area contributed by atoms with Crippen LogP contribution in [0, 0.1) is 0 Å². The summed E-state index contributed by atoms with van der Waals surface area (Å²) < 4.78 is 4.92. The Kier molecular flexibility index (Phi) is 1.81. The van der Waals surface area contributed by atoms with E-state index in [9.17, 15) is 9.59 Å². The first-order chi connectivity index (χ1) is 5.06. The SMILES string of the molecule is C=CC(=O)OC1(C)CC(=O)C1. The lowest BCUT2D eigenvalue weighted by Crippen LogP contribution is -2.45. The Balaban J connectivity index is 2.43. The smallest absolute Gasteiger partial charge is 0.330 e. The molecule has 0 aromatic carbocycles. The Morgan fingerprint density at radius 3 is 2.64 bits per heavy atom. The Bertz CT molecular complexity index is 209. The molecule has 1 rings (SSSR count). The Morgan fingerprint density at radius 1 is 1.73 bits per heavy atom. The van der Waals surface area contributed by atoms with Crippen LogP contribution in [0.1, 0.15) is 19.8 Å². The molecule has 0 radical (unpaired) electrons. The van der Waals surface area contributed by atoms with Crippen molar-refractivity contribution in [2.45, 2.75) is 25.4 Å². The van der Waals surface area contributed by atoms with Crippen molar-refractivity contribution in [2.24, 2.45) is 0 Å². The van der Waals surface area contributed by atoms with E-state index in [-0.39, 0.29) is 5.78 Å². The molecule has 0 aromatic rings. The zero-order valence-electron chi connectivity index (χ0n) is 6.42. The topological polar surface area (TPSA) is 43.4 Å². The van der Waals surface area contributed by atoms with Crippen molar-refractivity contribution in [3.63, 3.8) is 0 Å². The minimum atomic E-state index is -0.553. The second-order valence-corrected chi connectivity index (χ2v) is 2.97. The van der Waals surface area contributed by atoms with Crippen molar-refractivity contribution in [3.05, 3.63) is 12.7 Å². The first kappa shape index (κ1) is 7.98. The van der Waals surface area contributed by atoms with Gasteiger partial charge in [-0.2, -0.15) is 0 Å². The highest BCUT2D eigenvalue weighted by Crippen LogP contribution is 2.31. The molecule has 1 saturated carbocycles. The molecule has 0 bridgehead atoms. The van der Waals surface area contributed by atoms with Crippen LogP contribution in [0.25, 0.3) is 0 Å². The van der Waals surface area contributed by atoms with E-state index < -0.39 is 11.6 Å². The van der Waals surface area contributed by atoms with E-state index in [1.54, 1.807) is 6.92 Å². The standard InChI is InChI=1S/C8H10O3/c1-3-7(10)11-8(2)4-6(9)5-8/h3H,1,4-5H2,2H3. The second kappa shape index (κ2) is 2.49. The number of ether oxygens (including phenoxy) is 1. The third kappa shape index (κ3) is 1.67. The van der Waals surface area contributed by atoms with Crippen LogP contribution in [-0.2, 0) is 14.3 Å². The summed E-state index contributed by atoms with van der Waals surface area (Å²) in [6, 6.07) is 0. The van der Waals surface area contributed by atoms with Gasteiger partial charge in [0.05, 0.1) is 0 Å². The lowest BCUT2D eigenvalue weighted by molar-refractivity contribution is -0.165. The Labute approximate surface area is 65.0 Å². The maximum Gasteiger partial charge on any atom is 0.330 e. The summed E-state index contributed by atoms with van der Waals surface area (Å²) >= 11 is 0. The predicted molar refractivity (Wildman–Crippen MR) is 38.9 cm³/mol. The third-order valence-corrected chi connectivity index (χ3v) is 1.66. The molecule has 0 aromatic heterocycles. The molecular formula is C8H10O3. The molecule has 1 aliphatic carbocycles. The van der Waals surface area contributed by atoms with Crippen molar-refractivity contribution in [2.75, 3.05) is 0 Å². The van der Waals surface area contributed by atoms with E-state index in [2.05, 4.69) is 6.58 Å². The molecule has 11 heavy (non-hydrogen) atoms. The Hall–Kier alpha value is -1.12. The molecular weight excluding hydrogens is 144 g/mol. The van der Waals surface area contributed by atoms with Gasteiger partial charge >= 0.3 is 5.97 Å². The molecule has 0 saturated heterocycles. The largest absolute Gasteiger partial charge is 0.455 e. The van der Waals surface area contributed by atoms with Crippen LogP contribution in [0.15, 0.2) is 12.7 Å². The summed E-state index contributed by atoms with van der Waals surface area (Å²) in [6.07, 6.45) is 1.78. The maximum atomic E-state index is 10.7. The van der Waals surface area contributed by atoms with Crippen molar-refractivity contribution >= 4 is 11.8 Å². The van der Waals surface area contributed by atoms with Crippen LogP contribution in [0.2, 0.25) is 0 Å². The van der Waals surface area contributed by atoms with Crippen LogP contribution in [0.3, 0.4) is 0 Å². The molecule has 1 aliphatic rings. The van der Waals surface area contributed by atoms with Gasteiger partial charge in [0, 0.05) is 18.9 Å². The van der Waals surface area contributed by atoms with Crippen LogP contribution in [0.4, 0.5) is 0 Å². The highest BCUT2D eigenvalue weighted by Gasteiger charge is 2.42. The molecule has 0 aliphatic heterocycles. The van der Waals surface area contributed by atoms with Gasteiger partial charge in [0.15, 0.2) is 0 Å². The van der Waals surface area contributed by atoms with E-state index in [4.69, 9.17) is 4.74 Å². The number of esters is 1. The van der Waals surface area contributed by atoms with Crippen molar-refractivity contribution in [1.82, 2.24) is 0 Å². The molecule has 0 amide bonds. The van der Waals surface area contributed by atoms with Crippen LogP contribution >= 0.6 is 0 Å². The van der Waals surface area contributed by atoms with Crippen LogP contribution in [-0.4, -0.2) is 17.4 Å². The van der Waals surface area contributed by atoms with Gasteiger partial charge in [0.25, 0.3) is 0 Å². The van der Waals surface area contributed by atoms with Crippen molar-refractivity contribution in [3.8, 4) is 0 Å². The number of ketones is 1. The predicted octanol–water partition coefficient (Wildman–Crippen LogP) is 0.837. The summed E-state index contributed by atoms with van der Waals surface area (Å²) in [5.74, 6) is -0.315. The van der Waals surface area contributed by atoms with E-state index in [0.717, 1.165) is 6.08 Å². The summed E-state index contributed by atoms with van der Waals surface area (Å²) in [4.78, 5) is 21.2. The first-order valence-electron chi connectivity index (χ1n) is 3.43. The number of rotatable bonds is 2. The molecule has 0 N–H and O–H groups in total. The Morgan fingerprint density at radius 2 is 2.27 bits per heavy atom. The van der Waals surface area contributed by atoms with Crippen LogP contribution in [0.5, 0.6) is 0 Å². The zero-order chi connectivity index (χ0) is 8.48. The number of hydrogen-bond acceptors (Lipinski definition) is 3. The average Bonchev–Trinajstić information content (AvgIpc) is 1.84. The van der Waals surface area contributed by atoms with E-state index in [1.807, 2.05) is 0 Å². The van der Waals surface area contributed by atoms with Gasteiger partial charge in [-0.1, -0.05) is 6.58 Å². The van der Waals surface area contributed by atoms with Gasteiger partial charge in [-0.05, 0) is 6.92 Å². The van der Waals surface area contributed by atoms with Gasteiger partial charge in [0.2, 0.25) is 0 Å². The first-order valence-corrected chi connectivity index (χ1v) is 3.43. The van der Waals surface area contributed by atoms with Gasteiger partial charge in [-0.25, -0.2) is 4.79 Å². The monoisotopic (exact) mass is 154 g/mol. The van der Waals surface area contributed by atoms with E-state index >= 15 is 0 Å². The molecule has 3 nitrogen and oxygen atoms in total. The van der Waals surface area contributed by atoms with E-state index in [1.165, 1.54) is 0 Å². The minimum Gasteiger partial charge on any atom is -0.455 e. The number of carbonyl (C=O) groups excluding carboxylic acids is 2.